The molecule has 8 heteroatoms. The molecule has 112 heavy (non-hydrogen) atoms. The fraction of sp³-hybridized carbons (Fsp3) is 0. The summed E-state index contributed by atoms with van der Waals surface area (Å²) >= 11 is 3.64. The largest absolute Gasteiger partial charge is 0.455 e. The zero-order chi connectivity index (χ0) is 74.3. The molecule has 16 aromatic carbocycles. The number of nitrogens with zero attached hydrogens (tertiary/aromatic N) is 4. The predicted molar refractivity (Wildman–Crippen MR) is 474 cm³/mol. The topological polar surface area (TPSA) is 39.2 Å². The van der Waals surface area contributed by atoms with E-state index >= 15 is 0 Å². The fourth-order valence-electron chi connectivity index (χ4n) is 15.6. The number of benzene rings is 16. The summed E-state index contributed by atoms with van der Waals surface area (Å²) < 4.78 is 13.0. The highest BCUT2D eigenvalue weighted by atomic mass is 32.1. The first-order valence-electron chi connectivity index (χ1n) is 37.7. The van der Waals surface area contributed by atoms with Gasteiger partial charge in [-0.05, 0) is 226 Å². The first-order valence-corrected chi connectivity index (χ1v) is 39.4. The van der Waals surface area contributed by atoms with Gasteiger partial charge in [-0.1, -0.05) is 243 Å². The minimum Gasteiger partial charge on any atom is -0.455 e. The monoisotopic (exact) mass is 1470 g/mol. The molecule has 0 radical (unpaired) electrons. The Hall–Kier alpha value is -14.3. The Kier molecular flexibility index (Phi) is 17.6. The minimum absolute atomic E-state index is 0.890. The number of hydrogen-bond acceptors (Lipinski definition) is 8. The van der Waals surface area contributed by atoms with Crippen LogP contribution in [0.25, 0.3) is 119 Å². The van der Waals surface area contributed by atoms with Crippen molar-refractivity contribution in [1.82, 2.24) is 0 Å². The van der Waals surface area contributed by atoms with Crippen LogP contribution < -0.4 is 19.6 Å². The average molecular weight is 1470 g/mol. The van der Waals surface area contributed by atoms with Gasteiger partial charge in [0.05, 0.1) is 0 Å². The van der Waals surface area contributed by atoms with Crippen LogP contribution in [0.4, 0.5) is 68.2 Å². The molecule has 0 aliphatic heterocycles. The third kappa shape index (κ3) is 12.9. The van der Waals surface area contributed by atoms with Gasteiger partial charge in [0.2, 0.25) is 0 Å². The maximum absolute atomic E-state index is 6.50. The molecule has 0 amide bonds. The average Bonchev–Trinajstić information content (AvgIpc) is 1.51. The van der Waals surface area contributed by atoms with Gasteiger partial charge in [-0.3, -0.25) is 0 Å². The van der Waals surface area contributed by atoms with E-state index in [4.69, 9.17) is 8.83 Å². The molecule has 0 bridgehead atoms. The Morgan fingerprint density at radius 3 is 0.661 bits per heavy atom. The Morgan fingerprint density at radius 1 is 0.152 bits per heavy atom. The molecular weight excluding hydrogens is 1400 g/mol. The SMILES string of the molecule is c1ccc(-c2ccc(-c3ccc(N(c4ccc(-c5ccc(N(c6ccc(-c7ccc(-c8ccccc8)s7)cc6)c6ccc(N(c7ccccc7)c7ccc(-c8cccc9c8oc8ccccc89)cc7)cc6)cc5)cc4)c4ccc(N(c5ccccc5)c5ccc(-c6cccc7c6oc6ccccc67)cc5)cc4)cc3)s2)cc1. The van der Waals surface area contributed by atoms with Crippen LogP contribution in [0.2, 0.25) is 0 Å². The number of rotatable bonds is 19. The summed E-state index contributed by atoms with van der Waals surface area (Å²) in [5, 5.41) is 4.47. The minimum atomic E-state index is 0.890. The van der Waals surface area contributed by atoms with Gasteiger partial charge >= 0.3 is 0 Å². The number of fused-ring (bicyclic) bond motifs is 6. The van der Waals surface area contributed by atoms with E-state index in [1.54, 1.807) is 0 Å². The molecule has 0 N–H and O–H groups in total. The second-order valence-electron chi connectivity index (χ2n) is 27.9. The fourth-order valence-corrected chi connectivity index (χ4v) is 17.7. The lowest BCUT2D eigenvalue weighted by atomic mass is 10.0. The van der Waals surface area contributed by atoms with Crippen LogP contribution in [0, 0.1) is 0 Å². The van der Waals surface area contributed by atoms with E-state index < -0.39 is 0 Å². The van der Waals surface area contributed by atoms with Crippen LogP contribution >= 0.6 is 22.7 Å². The van der Waals surface area contributed by atoms with Crippen molar-refractivity contribution in [3.05, 3.63) is 425 Å². The molecule has 20 rings (SSSR count). The predicted octanol–water partition coefficient (Wildman–Crippen LogP) is 31.2. The molecule has 0 unspecified atom stereocenters. The van der Waals surface area contributed by atoms with Gasteiger partial charge in [0.25, 0.3) is 0 Å². The first kappa shape index (κ1) is 67.1. The highest BCUT2D eigenvalue weighted by Gasteiger charge is 2.23. The van der Waals surface area contributed by atoms with Gasteiger partial charge < -0.3 is 28.4 Å². The molecule has 0 fully saturated rings. The van der Waals surface area contributed by atoms with Gasteiger partial charge in [0, 0.05) is 120 Å². The molecule has 20 aromatic rings. The molecule has 0 aliphatic carbocycles. The summed E-state index contributed by atoms with van der Waals surface area (Å²) in [7, 11) is 0. The Morgan fingerprint density at radius 2 is 0.366 bits per heavy atom. The summed E-state index contributed by atoms with van der Waals surface area (Å²) in [6.07, 6.45) is 0. The Balaban J connectivity index is 0.623. The maximum Gasteiger partial charge on any atom is 0.143 e. The zero-order valence-electron chi connectivity index (χ0n) is 60.8. The van der Waals surface area contributed by atoms with E-state index in [1.807, 2.05) is 46.9 Å². The second kappa shape index (κ2) is 29.4. The quantitative estimate of drug-likeness (QED) is 0.0803. The van der Waals surface area contributed by atoms with E-state index in [0.29, 0.717) is 0 Å². The van der Waals surface area contributed by atoms with E-state index in [-0.39, 0.29) is 0 Å². The molecule has 4 aromatic heterocycles. The van der Waals surface area contributed by atoms with Crippen LogP contribution in [-0.4, -0.2) is 0 Å². The lowest BCUT2D eigenvalue weighted by Crippen LogP contribution is -2.12. The molecule has 0 aliphatic rings. The third-order valence-electron chi connectivity index (χ3n) is 21.2. The number of thiophene rings is 2. The first-order chi connectivity index (χ1) is 55.5. The van der Waals surface area contributed by atoms with Crippen molar-refractivity contribution in [2.45, 2.75) is 0 Å². The van der Waals surface area contributed by atoms with Gasteiger partial charge in [-0.2, -0.15) is 0 Å². The van der Waals surface area contributed by atoms with Gasteiger partial charge in [-0.15, -0.1) is 22.7 Å². The summed E-state index contributed by atoms with van der Waals surface area (Å²) in [6, 6.07) is 152. The molecule has 530 valence electrons. The Bertz CT molecular complexity index is 6270. The summed E-state index contributed by atoms with van der Waals surface area (Å²) in [4.78, 5) is 14.3. The van der Waals surface area contributed by atoms with E-state index in [0.717, 1.165) is 146 Å². The van der Waals surface area contributed by atoms with E-state index in [9.17, 15) is 0 Å². The van der Waals surface area contributed by atoms with Crippen LogP contribution in [0.1, 0.15) is 0 Å². The highest BCUT2D eigenvalue weighted by Crippen LogP contribution is 2.47. The van der Waals surface area contributed by atoms with Gasteiger partial charge in [0.15, 0.2) is 0 Å². The molecule has 6 nitrogen and oxygen atoms in total. The van der Waals surface area contributed by atoms with Gasteiger partial charge in [-0.25, -0.2) is 0 Å². The van der Waals surface area contributed by atoms with Gasteiger partial charge in [0.1, 0.15) is 22.3 Å². The number of para-hydroxylation sites is 6. The summed E-state index contributed by atoms with van der Waals surface area (Å²) in [6.45, 7) is 0. The van der Waals surface area contributed by atoms with E-state index in [1.165, 1.54) is 41.8 Å². The lowest BCUT2D eigenvalue weighted by Gasteiger charge is -2.29. The van der Waals surface area contributed by atoms with Crippen molar-refractivity contribution in [1.29, 1.82) is 0 Å². The van der Waals surface area contributed by atoms with Crippen LogP contribution in [0.5, 0.6) is 0 Å². The zero-order valence-corrected chi connectivity index (χ0v) is 62.5. The molecular formula is C104H70N4O2S2. The Labute approximate surface area is 658 Å². The lowest BCUT2D eigenvalue weighted by molar-refractivity contribution is 0.669. The van der Waals surface area contributed by atoms with Crippen molar-refractivity contribution in [3.8, 4) is 75.1 Å². The molecule has 0 atom stereocenters. The van der Waals surface area contributed by atoms with E-state index in [2.05, 4.69) is 420 Å². The number of anilines is 12. The standard InChI is InChI=1S/C104H70N4O2S2/c1-5-19-75(20-6-1)99-67-69-101(111-99)77-43-55-85(56-44-77)107(89-63-59-87(60-64-89)105(79-23-9-3-10-24-79)83-51-39-73(40-52-83)91-29-17-31-95-93-27-13-15-33-97(93)109-103(91)95)81-47-35-71(36-48-81)72-37-49-82(50-38-72)108(86-57-45-78(46-58-86)102-70-68-100(112-102)76-21-7-2-8-22-76)90-65-61-88(62-66-90)106(80-25-11-4-12-26-80)84-53-41-74(42-54-84)92-30-18-32-96-94-28-14-16-34-98(94)110-104(92)96/h1-70H. The normalized spacial score (nSPS) is 11.4. The third-order valence-corrected chi connectivity index (χ3v) is 23.5. The van der Waals surface area contributed by atoms with Crippen molar-refractivity contribution >= 4 is 135 Å². The maximum atomic E-state index is 6.50. The smallest absolute Gasteiger partial charge is 0.143 e. The second-order valence-corrected chi connectivity index (χ2v) is 30.1. The van der Waals surface area contributed by atoms with Crippen LogP contribution in [0.15, 0.2) is 433 Å². The van der Waals surface area contributed by atoms with Crippen LogP contribution in [-0.2, 0) is 0 Å². The van der Waals surface area contributed by atoms with Crippen molar-refractivity contribution < 1.29 is 8.83 Å². The molecule has 0 saturated carbocycles. The molecule has 0 spiro atoms. The van der Waals surface area contributed by atoms with Crippen molar-refractivity contribution in [2.24, 2.45) is 0 Å². The molecule has 0 saturated heterocycles. The number of furan rings is 2. The van der Waals surface area contributed by atoms with Crippen molar-refractivity contribution in [3.63, 3.8) is 0 Å². The highest BCUT2D eigenvalue weighted by molar-refractivity contribution is 7.19. The molecule has 4 heterocycles. The van der Waals surface area contributed by atoms with Crippen molar-refractivity contribution in [2.75, 3.05) is 19.6 Å². The van der Waals surface area contributed by atoms with Crippen LogP contribution in [0.3, 0.4) is 0 Å². The number of hydrogen-bond donors (Lipinski definition) is 0. The summed E-state index contributed by atoms with van der Waals surface area (Å²) in [5.74, 6) is 0. The summed E-state index contributed by atoms with van der Waals surface area (Å²) in [5.41, 5.74) is 27.4.